The molecule has 0 aliphatic carbocycles. The summed E-state index contributed by atoms with van der Waals surface area (Å²) in [7, 11) is 0. The van der Waals surface area contributed by atoms with Gasteiger partial charge in [-0.3, -0.25) is 0 Å². The van der Waals surface area contributed by atoms with Gasteiger partial charge < -0.3 is 5.11 Å². The standard InChI is InChI=1S/C13H14OS/c1-10-2-4-11(5-3-10)6-12-7-13(8-14)15-9-12/h2-5,7,9,14H,6,8H2,1H3. The summed E-state index contributed by atoms with van der Waals surface area (Å²) >= 11 is 1.62. The van der Waals surface area contributed by atoms with Crippen molar-refractivity contribution in [1.29, 1.82) is 0 Å². The van der Waals surface area contributed by atoms with E-state index in [0.29, 0.717) is 0 Å². The SMILES string of the molecule is Cc1ccc(Cc2csc(CO)c2)cc1. The van der Waals surface area contributed by atoms with Gasteiger partial charge in [0, 0.05) is 4.88 Å². The fourth-order valence-electron chi connectivity index (χ4n) is 1.54. The maximum atomic E-state index is 8.96. The Bertz CT molecular complexity index is 428. The first-order valence-corrected chi connectivity index (χ1v) is 5.88. The molecule has 0 fully saturated rings. The maximum absolute atomic E-state index is 8.96. The molecule has 0 aliphatic heterocycles. The predicted octanol–water partition coefficient (Wildman–Crippen LogP) is 3.14. The van der Waals surface area contributed by atoms with Crippen LogP contribution in [0.15, 0.2) is 35.7 Å². The molecule has 1 aromatic heterocycles. The quantitative estimate of drug-likeness (QED) is 0.839. The van der Waals surface area contributed by atoms with Crippen LogP contribution in [0, 0.1) is 6.92 Å². The fourth-order valence-corrected chi connectivity index (χ4v) is 2.29. The molecule has 1 aromatic carbocycles. The second-order valence-corrected chi connectivity index (χ2v) is 4.74. The molecule has 1 N–H and O–H groups in total. The van der Waals surface area contributed by atoms with Crippen LogP contribution in [0.4, 0.5) is 0 Å². The van der Waals surface area contributed by atoms with Crippen LogP contribution in [-0.4, -0.2) is 5.11 Å². The third-order valence-electron chi connectivity index (χ3n) is 2.39. The van der Waals surface area contributed by atoms with Crippen molar-refractivity contribution in [3.8, 4) is 0 Å². The summed E-state index contributed by atoms with van der Waals surface area (Å²) in [6.07, 6.45) is 0.955. The van der Waals surface area contributed by atoms with Gasteiger partial charge in [-0.1, -0.05) is 29.8 Å². The van der Waals surface area contributed by atoms with Crippen molar-refractivity contribution in [3.63, 3.8) is 0 Å². The van der Waals surface area contributed by atoms with Gasteiger partial charge in [0.05, 0.1) is 6.61 Å². The second-order valence-electron chi connectivity index (χ2n) is 3.74. The summed E-state index contributed by atoms with van der Waals surface area (Å²) in [5.74, 6) is 0. The molecule has 0 saturated carbocycles. The molecule has 0 unspecified atom stereocenters. The minimum atomic E-state index is 0.151. The van der Waals surface area contributed by atoms with Gasteiger partial charge in [-0.15, -0.1) is 11.3 Å². The van der Waals surface area contributed by atoms with E-state index in [1.165, 1.54) is 16.7 Å². The van der Waals surface area contributed by atoms with E-state index in [9.17, 15) is 0 Å². The molecule has 0 atom stereocenters. The molecule has 0 bridgehead atoms. The van der Waals surface area contributed by atoms with E-state index in [2.05, 4.69) is 42.6 Å². The van der Waals surface area contributed by atoms with Gasteiger partial charge in [-0.05, 0) is 35.9 Å². The van der Waals surface area contributed by atoms with E-state index in [0.717, 1.165) is 11.3 Å². The molecule has 2 aromatic rings. The highest BCUT2D eigenvalue weighted by molar-refractivity contribution is 7.10. The van der Waals surface area contributed by atoms with Crippen molar-refractivity contribution in [2.45, 2.75) is 20.0 Å². The first-order valence-electron chi connectivity index (χ1n) is 5.00. The minimum absolute atomic E-state index is 0.151. The predicted molar refractivity (Wildman–Crippen MR) is 64.2 cm³/mol. The molecule has 0 aliphatic rings. The van der Waals surface area contributed by atoms with Crippen LogP contribution in [-0.2, 0) is 13.0 Å². The number of thiophene rings is 1. The number of aryl methyl sites for hydroxylation is 1. The molecule has 2 rings (SSSR count). The normalized spacial score (nSPS) is 10.5. The first-order chi connectivity index (χ1) is 7.28. The zero-order valence-corrected chi connectivity index (χ0v) is 9.55. The van der Waals surface area contributed by atoms with Gasteiger partial charge >= 0.3 is 0 Å². The average molecular weight is 218 g/mol. The summed E-state index contributed by atoms with van der Waals surface area (Å²) < 4.78 is 0. The van der Waals surface area contributed by atoms with Crippen molar-refractivity contribution >= 4 is 11.3 Å². The van der Waals surface area contributed by atoms with Gasteiger partial charge in [0.25, 0.3) is 0 Å². The van der Waals surface area contributed by atoms with Gasteiger partial charge in [-0.25, -0.2) is 0 Å². The van der Waals surface area contributed by atoms with E-state index in [4.69, 9.17) is 5.11 Å². The van der Waals surface area contributed by atoms with Crippen LogP contribution in [0.2, 0.25) is 0 Å². The van der Waals surface area contributed by atoms with Crippen LogP contribution in [0.5, 0.6) is 0 Å². The number of benzene rings is 1. The van der Waals surface area contributed by atoms with Crippen molar-refractivity contribution in [2.24, 2.45) is 0 Å². The number of hydrogen-bond donors (Lipinski definition) is 1. The van der Waals surface area contributed by atoms with E-state index in [1.807, 2.05) is 0 Å². The van der Waals surface area contributed by atoms with Crippen molar-refractivity contribution in [3.05, 3.63) is 57.3 Å². The molecule has 0 radical (unpaired) electrons. The molecule has 15 heavy (non-hydrogen) atoms. The topological polar surface area (TPSA) is 20.2 Å². The Hall–Kier alpha value is -1.12. The molecule has 0 amide bonds. The zero-order valence-electron chi connectivity index (χ0n) is 8.73. The minimum Gasteiger partial charge on any atom is -0.391 e. The second kappa shape index (κ2) is 4.60. The van der Waals surface area contributed by atoms with Gasteiger partial charge in [-0.2, -0.15) is 0 Å². The third-order valence-corrected chi connectivity index (χ3v) is 3.36. The van der Waals surface area contributed by atoms with Crippen LogP contribution in [0.1, 0.15) is 21.6 Å². The lowest BCUT2D eigenvalue weighted by atomic mass is 10.1. The third kappa shape index (κ3) is 2.67. The molecule has 0 spiro atoms. The number of rotatable bonds is 3. The smallest absolute Gasteiger partial charge is 0.0774 e. The molecular weight excluding hydrogens is 204 g/mol. The Morgan fingerprint density at radius 3 is 2.47 bits per heavy atom. The number of aliphatic hydroxyl groups is 1. The molecule has 78 valence electrons. The van der Waals surface area contributed by atoms with Crippen molar-refractivity contribution in [2.75, 3.05) is 0 Å². The summed E-state index contributed by atoms with van der Waals surface area (Å²) in [6, 6.07) is 10.7. The first kappa shape index (κ1) is 10.4. The molecule has 1 nitrogen and oxygen atoms in total. The Morgan fingerprint density at radius 2 is 1.87 bits per heavy atom. The lowest BCUT2D eigenvalue weighted by Crippen LogP contribution is -1.85. The Balaban J connectivity index is 2.11. The van der Waals surface area contributed by atoms with Crippen molar-refractivity contribution < 1.29 is 5.11 Å². The molecule has 2 heteroatoms. The zero-order chi connectivity index (χ0) is 10.7. The van der Waals surface area contributed by atoms with E-state index < -0.39 is 0 Å². The summed E-state index contributed by atoms with van der Waals surface area (Å²) in [5, 5.41) is 11.1. The van der Waals surface area contributed by atoms with Gasteiger partial charge in [0.15, 0.2) is 0 Å². The Labute approximate surface area is 94.0 Å². The van der Waals surface area contributed by atoms with Crippen molar-refractivity contribution in [1.82, 2.24) is 0 Å². The highest BCUT2D eigenvalue weighted by atomic mass is 32.1. The number of aliphatic hydroxyl groups excluding tert-OH is 1. The van der Waals surface area contributed by atoms with E-state index in [1.54, 1.807) is 11.3 Å². The summed E-state index contributed by atoms with van der Waals surface area (Å²) in [4.78, 5) is 1.04. The summed E-state index contributed by atoms with van der Waals surface area (Å²) in [5.41, 5.74) is 3.90. The van der Waals surface area contributed by atoms with Crippen LogP contribution >= 0.6 is 11.3 Å². The largest absolute Gasteiger partial charge is 0.391 e. The summed E-state index contributed by atoms with van der Waals surface area (Å²) in [6.45, 7) is 2.25. The lowest BCUT2D eigenvalue weighted by Gasteiger charge is -1.99. The highest BCUT2D eigenvalue weighted by Gasteiger charge is 2.00. The van der Waals surface area contributed by atoms with Gasteiger partial charge in [0.2, 0.25) is 0 Å². The maximum Gasteiger partial charge on any atom is 0.0774 e. The average Bonchev–Trinajstić information content (AvgIpc) is 2.69. The molecule has 0 saturated heterocycles. The van der Waals surface area contributed by atoms with Crippen LogP contribution in [0.25, 0.3) is 0 Å². The molecule has 1 heterocycles. The van der Waals surface area contributed by atoms with Crippen LogP contribution < -0.4 is 0 Å². The highest BCUT2D eigenvalue weighted by Crippen LogP contribution is 2.18. The Morgan fingerprint density at radius 1 is 1.13 bits per heavy atom. The lowest BCUT2D eigenvalue weighted by molar-refractivity contribution is 0.285. The van der Waals surface area contributed by atoms with Crippen LogP contribution in [0.3, 0.4) is 0 Å². The molecular formula is C13H14OS. The van der Waals surface area contributed by atoms with E-state index in [-0.39, 0.29) is 6.61 Å². The number of hydrogen-bond acceptors (Lipinski definition) is 2. The van der Waals surface area contributed by atoms with E-state index >= 15 is 0 Å². The monoisotopic (exact) mass is 218 g/mol. The van der Waals surface area contributed by atoms with Gasteiger partial charge in [0.1, 0.15) is 0 Å². The Kier molecular flexibility index (Phi) is 3.19. The fraction of sp³-hybridized carbons (Fsp3) is 0.231.